The van der Waals surface area contributed by atoms with Crippen molar-refractivity contribution in [3.63, 3.8) is 0 Å². The second-order valence-electron chi connectivity index (χ2n) is 5.97. The third-order valence-electron chi connectivity index (χ3n) is 4.38. The maximum atomic E-state index is 13.8. The van der Waals surface area contributed by atoms with E-state index >= 15 is 0 Å². The molecule has 1 aromatic carbocycles. The van der Waals surface area contributed by atoms with Gasteiger partial charge in [-0.3, -0.25) is 4.90 Å². The van der Waals surface area contributed by atoms with E-state index in [9.17, 15) is 9.50 Å². The van der Waals surface area contributed by atoms with Crippen LogP contribution in [0.15, 0.2) is 24.3 Å². The Morgan fingerprint density at radius 3 is 2.84 bits per heavy atom. The zero-order valence-corrected chi connectivity index (χ0v) is 14.7. The molecule has 2 aromatic heterocycles. The first-order valence-electron chi connectivity index (χ1n) is 8.32. The average Bonchev–Trinajstić information content (AvgIpc) is 3.16. The van der Waals surface area contributed by atoms with Crippen LogP contribution in [0.4, 0.5) is 4.39 Å². The average molecular weight is 362 g/mol. The number of rotatable bonds is 4. The van der Waals surface area contributed by atoms with Gasteiger partial charge in [0.1, 0.15) is 5.82 Å². The lowest BCUT2D eigenvalue weighted by Gasteiger charge is -2.34. The Labute approximate surface area is 148 Å². The van der Waals surface area contributed by atoms with E-state index in [-0.39, 0.29) is 17.7 Å². The Kier molecular flexibility index (Phi) is 4.41. The van der Waals surface area contributed by atoms with E-state index in [1.165, 1.54) is 28.0 Å². The first-order chi connectivity index (χ1) is 12.2. The maximum Gasteiger partial charge on any atom is 0.230 e. The van der Waals surface area contributed by atoms with Crippen molar-refractivity contribution in [2.24, 2.45) is 0 Å². The Morgan fingerprint density at radius 1 is 1.36 bits per heavy atom. The molecule has 1 aliphatic heterocycles. The Morgan fingerprint density at radius 2 is 2.16 bits per heavy atom. The van der Waals surface area contributed by atoms with Crippen LogP contribution in [0.3, 0.4) is 0 Å². The molecule has 1 N–H and O–H groups in total. The molecule has 3 aromatic rings. The molecular formula is C17H19FN4O2S. The van der Waals surface area contributed by atoms with E-state index in [1.54, 1.807) is 6.07 Å². The summed E-state index contributed by atoms with van der Waals surface area (Å²) in [5, 5.41) is 15.1. The van der Waals surface area contributed by atoms with E-state index in [4.69, 9.17) is 4.74 Å². The summed E-state index contributed by atoms with van der Waals surface area (Å²) in [6.45, 7) is 4.64. The molecule has 3 heterocycles. The second kappa shape index (κ2) is 6.70. The molecule has 4 rings (SSSR count). The van der Waals surface area contributed by atoms with Crippen molar-refractivity contribution in [2.75, 3.05) is 26.3 Å². The molecule has 8 heteroatoms. The number of aromatic hydroxyl groups is 1. The number of ether oxygens (including phenoxy) is 1. The number of morpholine rings is 1. The van der Waals surface area contributed by atoms with Gasteiger partial charge in [-0.25, -0.2) is 9.37 Å². The summed E-state index contributed by atoms with van der Waals surface area (Å²) < 4.78 is 20.7. The van der Waals surface area contributed by atoms with Crippen LogP contribution in [0.5, 0.6) is 5.88 Å². The largest absolute Gasteiger partial charge is 0.492 e. The van der Waals surface area contributed by atoms with Gasteiger partial charge < -0.3 is 9.84 Å². The fraction of sp³-hybridized carbons (Fsp3) is 0.412. The molecule has 0 bridgehead atoms. The van der Waals surface area contributed by atoms with E-state index in [0.29, 0.717) is 43.5 Å². The molecule has 132 valence electrons. The van der Waals surface area contributed by atoms with Crippen LogP contribution < -0.4 is 0 Å². The van der Waals surface area contributed by atoms with Gasteiger partial charge in [-0.1, -0.05) is 30.4 Å². The molecule has 1 atom stereocenters. The number of thiazole rings is 1. The van der Waals surface area contributed by atoms with Gasteiger partial charge in [-0.2, -0.15) is 4.52 Å². The lowest BCUT2D eigenvalue weighted by Crippen LogP contribution is -2.39. The lowest BCUT2D eigenvalue weighted by molar-refractivity contribution is 0.0240. The van der Waals surface area contributed by atoms with Crippen LogP contribution >= 0.6 is 11.3 Å². The number of nitrogens with zero attached hydrogens (tertiary/aromatic N) is 4. The number of hydrogen-bond acceptors (Lipinski definition) is 6. The predicted octanol–water partition coefficient (Wildman–Crippen LogP) is 2.62. The van der Waals surface area contributed by atoms with E-state index in [1.807, 2.05) is 13.0 Å². The van der Waals surface area contributed by atoms with E-state index < -0.39 is 0 Å². The highest BCUT2D eigenvalue weighted by Crippen LogP contribution is 2.40. The molecule has 1 fully saturated rings. The molecule has 0 aliphatic carbocycles. The molecule has 0 amide bonds. The molecule has 25 heavy (non-hydrogen) atoms. The maximum absolute atomic E-state index is 13.8. The Bertz CT molecular complexity index is 888. The molecule has 6 nitrogen and oxygen atoms in total. The summed E-state index contributed by atoms with van der Waals surface area (Å²) in [5.74, 6) is 0.484. The Balaban J connectivity index is 1.82. The molecule has 0 saturated carbocycles. The highest BCUT2D eigenvalue weighted by molar-refractivity contribution is 7.17. The zero-order valence-electron chi connectivity index (χ0n) is 13.9. The van der Waals surface area contributed by atoms with Gasteiger partial charge in [0.2, 0.25) is 10.8 Å². The number of halogens is 1. The number of aryl methyl sites for hydroxylation is 1. The summed E-state index contributed by atoms with van der Waals surface area (Å²) in [4.78, 5) is 8.02. The van der Waals surface area contributed by atoms with Gasteiger partial charge in [0.15, 0.2) is 5.82 Å². The predicted molar refractivity (Wildman–Crippen MR) is 92.5 cm³/mol. The van der Waals surface area contributed by atoms with Gasteiger partial charge in [-0.05, 0) is 17.7 Å². The van der Waals surface area contributed by atoms with Gasteiger partial charge in [0, 0.05) is 19.5 Å². The monoisotopic (exact) mass is 362 g/mol. The van der Waals surface area contributed by atoms with Crippen LogP contribution in [0.25, 0.3) is 4.96 Å². The first-order valence-corrected chi connectivity index (χ1v) is 9.13. The highest BCUT2D eigenvalue weighted by Gasteiger charge is 2.30. The van der Waals surface area contributed by atoms with Crippen molar-refractivity contribution in [3.05, 3.63) is 46.3 Å². The van der Waals surface area contributed by atoms with Crippen LogP contribution in [0.2, 0.25) is 0 Å². The van der Waals surface area contributed by atoms with Gasteiger partial charge in [0.05, 0.1) is 24.1 Å². The van der Waals surface area contributed by atoms with Gasteiger partial charge in [0.25, 0.3) is 0 Å². The van der Waals surface area contributed by atoms with E-state index in [2.05, 4.69) is 15.0 Å². The minimum Gasteiger partial charge on any atom is -0.492 e. The third kappa shape index (κ3) is 3.01. The Hall–Kier alpha value is -2.03. The second-order valence-corrected chi connectivity index (χ2v) is 6.98. The number of hydrogen-bond donors (Lipinski definition) is 1. The lowest BCUT2D eigenvalue weighted by atomic mass is 10.0. The minimum atomic E-state index is -0.289. The van der Waals surface area contributed by atoms with Crippen LogP contribution in [0, 0.1) is 5.82 Å². The molecule has 0 radical (unpaired) electrons. The quantitative estimate of drug-likeness (QED) is 0.773. The third-order valence-corrected chi connectivity index (χ3v) is 5.46. The zero-order chi connectivity index (χ0) is 17.4. The first kappa shape index (κ1) is 16.4. The van der Waals surface area contributed by atoms with Crippen molar-refractivity contribution in [3.8, 4) is 5.88 Å². The molecule has 1 aliphatic rings. The van der Waals surface area contributed by atoms with Crippen molar-refractivity contribution >= 4 is 16.3 Å². The standard InChI is InChI=1S/C17H19FN4O2S/c1-2-13-19-17-22(20-13)16(23)15(25-17)14(21-6-8-24-9-7-21)11-4-3-5-12(18)10-11/h3-5,10,14,23H,2,6-9H2,1H3/t14-/m0/s1. The van der Waals surface area contributed by atoms with E-state index in [0.717, 1.165) is 10.4 Å². The molecule has 1 saturated heterocycles. The number of fused-ring (bicyclic) bond motifs is 1. The summed E-state index contributed by atoms with van der Waals surface area (Å²) >= 11 is 1.40. The van der Waals surface area contributed by atoms with Crippen LogP contribution in [0.1, 0.15) is 29.2 Å². The van der Waals surface area contributed by atoms with Crippen molar-refractivity contribution in [1.29, 1.82) is 0 Å². The SMILES string of the molecule is CCc1nc2sc([C@H](c3cccc(F)c3)N3CCOCC3)c(O)n2n1. The molecule has 0 spiro atoms. The summed E-state index contributed by atoms with van der Waals surface area (Å²) in [6, 6.07) is 6.28. The summed E-state index contributed by atoms with van der Waals surface area (Å²) in [6.07, 6.45) is 0.708. The fourth-order valence-electron chi connectivity index (χ4n) is 3.16. The molecular weight excluding hydrogens is 343 g/mol. The normalized spacial score (nSPS) is 17.2. The van der Waals surface area contributed by atoms with Gasteiger partial charge >= 0.3 is 0 Å². The van der Waals surface area contributed by atoms with Crippen molar-refractivity contribution in [1.82, 2.24) is 19.5 Å². The number of benzene rings is 1. The van der Waals surface area contributed by atoms with Gasteiger partial charge in [-0.15, -0.1) is 5.10 Å². The molecule has 0 unspecified atom stereocenters. The van der Waals surface area contributed by atoms with Crippen molar-refractivity contribution < 1.29 is 14.2 Å². The van der Waals surface area contributed by atoms with Crippen LogP contribution in [-0.4, -0.2) is 50.9 Å². The highest BCUT2D eigenvalue weighted by atomic mass is 32.1. The van der Waals surface area contributed by atoms with Crippen molar-refractivity contribution in [2.45, 2.75) is 19.4 Å². The number of aromatic nitrogens is 3. The topological polar surface area (TPSA) is 62.9 Å². The summed E-state index contributed by atoms with van der Waals surface area (Å²) in [5.41, 5.74) is 0.803. The van der Waals surface area contributed by atoms with Crippen LogP contribution in [-0.2, 0) is 11.2 Å². The smallest absolute Gasteiger partial charge is 0.230 e. The fourth-order valence-corrected chi connectivity index (χ4v) is 4.29. The summed E-state index contributed by atoms with van der Waals surface area (Å²) in [7, 11) is 0. The minimum absolute atomic E-state index is 0.0768.